The van der Waals surface area contributed by atoms with Gasteiger partial charge in [0.15, 0.2) is 5.82 Å². The van der Waals surface area contributed by atoms with E-state index in [1.165, 1.54) is 19.2 Å². The number of nitrogens with zero attached hydrogens (tertiary/aromatic N) is 7. The lowest BCUT2D eigenvalue weighted by Crippen LogP contribution is -2.39. The molecule has 4 heterocycles. The van der Waals surface area contributed by atoms with E-state index in [2.05, 4.69) is 40.7 Å². The van der Waals surface area contributed by atoms with Gasteiger partial charge in [-0.3, -0.25) is 9.67 Å². The zero-order valence-corrected chi connectivity index (χ0v) is 20.2. The van der Waals surface area contributed by atoms with Gasteiger partial charge in [0.1, 0.15) is 23.7 Å². The van der Waals surface area contributed by atoms with E-state index in [0.29, 0.717) is 17.8 Å². The van der Waals surface area contributed by atoms with Crippen molar-refractivity contribution in [3.63, 3.8) is 0 Å². The molecule has 0 spiro atoms. The zero-order chi connectivity index (χ0) is 25.6. The topological polar surface area (TPSA) is 106 Å². The Hall–Kier alpha value is -3.83. The monoisotopic (exact) mass is 509 g/mol. The van der Waals surface area contributed by atoms with Gasteiger partial charge in [0.25, 0.3) is 0 Å². The standard InChI is InChI=1S/C25H26F3N9/c1-15(12-37-14-29-13-31-37)32-23-34-20-7-6-19(17-4-5-18(30-11-17)10-16-2-3-16)33-21(20)22(35-23)36-24(8-9-24)25(26,27)28/h4-7,11,13-16H,2-3,8-10,12H2,1H3,(H2,32,34,35,36). The van der Waals surface area contributed by atoms with Crippen LogP contribution in [-0.2, 0) is 13.0 Å². The highest BCUT2D eigenvalue weighted by molar-refractivity contribution is 5.88. The Balaban J connectivity index is 1.33. The number of hydrogen-bond acceptors (Lipinski definition) is 8. The van der Waals surface area contributed by atoms with Crippen molar-refractivity contribution in [2.45, 2.75) is 63.3 Å². The van der Waals surface area contributed by atoms with Crippen LogP contribution in [0, 0.1) is 5.92 Å². The minimum Gasteiger partial charge on any atom is -0.354 e. The lowest BCUT2D eigenvalue weighted by molar-refractivity contribution is -0.151. The number of fused-ring (bicyclic) bond motifs is 1. The second-order valence-electron chi connectivity index (χ2n) is 10.0. The first kappa shape index (κ1) is 23.6. The number of nitrogens with one attached hydrogen (secondary N) is 2. The van der Waals surface area contributed by atoms with E-state index in [4.69, 9.17) is 0 Å². The zero-order valence-electron chi connectivity index (χ0n) is 20.2. The Morgan fingerprint density at radius 2 is 1.95 bits per heavy atom. The summed E-state index contributed by atoms with van der Waals surface area (Å²) in [5, 5.41) is 9.91. The number of rotatable bonds is 9. The molecule has 9 nitrogen and oxygen atoms in total. The van der Waals surface area contributed by atoms with Crippen molar-refractivity contribution in [3.8, 4) is 11.3 Å². The van der Waals surface area contributed by atoms with Gasteiger partial charge in [-0.1, -0.05) is 0 Å². The predicted molar refractivity (Wildman–Crippen MR) is 132 cm³/mol. The van der Waals surface area contributed by atoms with Gasteiger partial charge in [0.05, 0.1) is 17.8 Å². The maximum Gasteiger partial charge on any atom is 0.411 e. The van der Waals surface area contributed by atoms with Crippen LogP contribution in [0.5, 0.6) is 0 Å². The number of pyridine rings is 2. The second-order valence-corrected chi connectivity index (χ2v) is 10.0. The van der Waals surface area contributed by atoms with E-state index in [0.717, 1.165) is 23.6 Å². The van der Waals surface area contributed by atoms with Gasteiger partial charge < -0.3 is 10.6 Å². The normalized spacial score (nSPS) is 17.5. The van der Waals surface area contributed by atoms with Crippen molar-refractivity contribution in [1.29, 1.82) is 0 Å². The third-order valence-electron chi connectivity index (χ3n) is 6.81. The van der Waals surface area contributed by atoms with Gasteiger partial charge in [-0.05, 0) is 69.2 Å². The highest BCUT2D eigenvalue weighted by Crippen LogP contribution is 2.51. The molecule has 2 aliphatic carbocycles. The Morgan fingerprint density at radius 1 is 1.11 bits per heavy atom. The number of aromatic nitrogens is 7. The minimum absolute atomic E-state index is 0.0144. The van der Waals surface area contributed by atoms with Crippen molar-refractivity contribution in [2.24, 2.45) is 5.92 Å². The number of halogens is 3. The average molecular weight is 510 g/mol. The van der Waals surface area contributed by atoms with Crippen LogP contribution in [0.1, 0.15) is 38.3 Å². The van der Waals surface area contributed by atoms with Gasteiger partial charge in [0.2, 0.25) is 5.95 Å². The van der Waals surface area contributed by atoms with E-state index in [-0.39, 0.29) is 36.2 Å². The average Bonchev–Trinajstić information content (AvgIpc) is 3.78. The summed E-state index contributed by atoms with van der Waals surface area (Å²) in [7, 11) is 0. The molecule has 2 aliphatic rings. The maximum absolute atomic E-state index is 13.8. The van der Waals surface area contributed by atoms with Gasteiger partial charge in [0, 0.05) is 23.5 Å². The van der Waals surface area contributed by atoms with Gasteiger partial charge in [-0.2, -0.15) is 23.3 Å². The van der Waals surface area contributed by atoms with Crippen molar-refractivity contribution < 1.29 is 13.2 Å². The van der Waals surface area contributed by atoms with E-state index in [9.17, 15) is 13.2 Å². The summed E-state index contributed by atoms with van der Waals surface area (Å²) in [6.45, 7) is 2.39. The van der Waals surface area contributed by atoms with Crippen LogP contribution < -0.4 is 10.6 Å². The molecule has 1 unspecified atom stereocenters. The van der Waals surface area contributed by atoms with Crippen LogP contribution >= 0.6 is 0 Å². The van der Waals surface area contributed by atoms with Crippen LogP contribution in [0.15, 0.2) is 43.1 Å². The maximum atomic E-state index is 13.8. The summed E-state index contributed by atoms with van der Waals surface area (Å²) < 4.78 is 43.1. The van der Waals surface area contributed by atoms with E-state index >= 15 is 0 Å². The summed E-state index contributed by atoms with van der Waals surface area (Å²) in [6, 6.07) is 7.34. The first-order valence-corrected chi connectivity index (χ1v) is 12.4. The molecular formula is C25H26F3N9. The van der Waals surface area contributed by atoms with Gasteiger partial charge in [-0.25, -0.2) is 15.0 Å². The van der Waals surface area contributed by atoms with Crippen molar-refractivity contribution >= 4 is 22.8 Å². The molecule has 6 rings (SSSR count). The summed E-state index contributed by atoms with van der Waals surface area (Å²) in [5.74, 6) is 0.990. The fourth-order valence-electron chi connectivity index (χ4n) is 4.35. The molecule has 2 fully saturated rings. The first-order valence-electron chi connectivity index (χ1n) is 12.4. The fraction of sp³-hybridized carbons (Fsp3) is 0.440. The molecule has 0 radical (unpaired) electrons. The molecule has 0 saturated heterocycles. The van der Waals surface area contributed by atoms with Crippen molar-refractivity contribution in [1.82, 2.24) is 34.7 Å². The molecule has 4 aromatic rings. The molecule has 2 saturated carbocycles. The van der Waals surface area contributed by atoms with E-state index in [1.54, 1.807) is 29.3 Å². The Bertz CT molecular complexity index is 1400. The predicted octanol–water partition coefficient (Wildman–Crippen LogP) is 4.64. The molecule has 4 aromatic heterocycles. The Kier molecular flexibility index (Phi) is 5.68. The summed E-state index contributed by atoms with van der Waals surface area (Å²) >= 11 is 0. The lowest BCUT2D eigenvalue weighted by Gasteiger charge is -2.22. The molecular weight excluding hydrogens is 483 g/mol. The summed E-state index contributed by atoms with van der Waals surface area (Å²) in [5.41, 5.74) is 1.14. The van der Waals surface area contributed by atoms with Crippen LogP contribution in [0.2, 0.25) is 0 Å². The molecule has 37 heavy (non-hydrogen) atoms. The molecule has 0 aromatic carbocycles. The highest BCUT2D eigenvalue weighted by Gasteiger charge is 2.64. The molecule has 0 aliphatic heterocycles. The fourth-order valence-corrected chi connectivity index (χ4v) is 4.35. The molecule has 0 bridgehead atoms. The molecule has 2 N–H and O–H groups in total. The van der Waals surface area contributed by atoms with Gasteiger partial charge >= 0.3 is 6.18 Å². The SMILES string of the molecule is CC(Cn1cncn1)Nc1nc(NC2(C(F)(F)F)CC2)c2nc(-c3ccc(CC4CC4)nc3)ccc2n1. The quantitative estimate of drug-likeness (QED) is 0.336. The van der Waals surface area contributed by atoms with Crippen LogP contribution in [0.4, 0.5) is 24.9 Å². The van der Waals surface area contributed by atoms with Crippen LogP contribution in [0.25, 0.3) is 22.3 Å². The molecule has 192 valence electrons. The highest BCUT2D eigenvalue weighted by atomic mass is 19.4. The van der Waals surface area contributed by atoms with Crippen molar-refractivity contribution in [3.05, 3.63) is 48.8 Å². The minimum atomic E-state index is -4.41. The van der Waals surface area contributed by atoms with Crippen LogP contribution in [-0.4, -0.2) is 52.5 Å². The number of anilines is 2. The molecule has 1 atom stereocenters. The third kappa shape index (κ3) is 5.05. The van der Waals surface area contributed by atoms with E-state index in [1.807, 2.05) is 19.1 Å². The lowest BCUT2D eigenvalue weighted by atomic mass is 10.1. The molecule has 12 heteroatoms. The summed E-state index contributed by atoms with van der Waals surface area (Å²) in [4.78, 5) is 22.1. The third-order valence-corrected chi connectivity index (χ3v) is 6.81. The smallest absolute Gasteiger partial charge is 0.354 e. The van der Waals surface area contributed by atoms with Crippen molar-refractivity contribution in [2.75, 3.05) is 10.6 Å². The second kappa shape index (κ2) is 8.93. The Labute approximate surface area is 211 Å². The Morgan fingerprint density at radius 3 is 2.59 bits per heavy atom. The largest absolute Gasteiger partial charge is 0.411 e. The first-order chi connectivity index (χ1) is 17.8. The van der Waals surface area contributed by atoms with E-state index < -0.39 is 11.7 Å². The molecule has 0 amide bonds. The number of hydrogen-bond donors (Lipinski definition) is 2. The van der Waals surface area contributed by atoms with Gasteiger partial charge in [-0.15, -0.1) is 0 Å². The number of alkyl halides is 3. The summed E-state index contributed by atoms with van der Waals surface area (Å²) in [6.07, 6.45) is 3.83. The van der Waals surface area contributed by atoms with Crippen LogP contribution in [0.3, 0.4) is 0 Å².